The molecule has 25 heavy (non-hydrogen) atoms. The lowest BCUT2D eigenvalue weighted by atomic mass is 10.2. The number of rotatable bonds is 8. The lowest BCUT2D eigenvalue weighted by Crippen LogP contribution is -2.35. The molecule has 0 saturated carbocycles. The summed E-state index contributed by atoms with van der Waals surface area (Å²) >= 11 is 0. The van der Waals surface area contributed by atoms with Gasteiger partial charge in [-0.1, -0.05) is 19.1 Å². The van der Waals surface area contributed by atoms with E-state index in [-0.39, 0.29) is 30.2 Å². The van der Waals surface area contributed by atoms with Crippen molar-refractivity contribution in [2.24, 2.45) is 0 Å². The average molecular weight is 347 g/mol. The zero-order valence-electron chi connectivity index (χ0n) is 14.1. The second-order valence-corrected chi connectivity index (χ2v) is 5.60. The molecule has 1 heterocycles. The molecular formula is C18H21NO6. The maximum atomic E-state index is 12.0. The smallest absolute Gasteiger partial charge is 0.339 e. The Labute approximate surface area is 145 Å². The molecule has 1 aromatic carbocycles. The molecule has 1 amide bonds. The Bertz CT molecular complexity index is 752. The van der Waals surface area contributed by atoms with Gasteiger partial charge in [0.05, 0.1) is 0 Å². The molecule has 1 atom stereocenters. The zero-order valence-corrected chi connectivity index (χ0v) is 14.1. The number of carbonyl (C=O) groups is 2. The molecule has 0 spiro atoms. The number of nitrogens with one attached hydrogen (secondary N) is 1. The highest BCUT2D eigenvalue weighted by molar-refractivity contribution is 5.96. The predicted octanol–water partition coefficient (Wildman–Crippen LogP) is 2.02. The van der Waals surface area contributed by atoms with Crippen molar-refractivity contribution < 1.29 is 29.0 Å². The van der Waals surface area contributed by atoms with Crippen LogP contribution in [0.4, 0.5) is 0 Å². The minimum Gasteiger partial charge on any atom is -0.491 e. The first kappa shape index (κ1) is 18.5. The maximum absolute atomic E-state index is 12.0. The van der Waals surface area contributed by atoms with Crippen molar-refractivity contribution >= 4 is 11.9 Å². The van der Waals surface area contributed by atoms with Crippen molar-refractivity contribution in [3.63, 3.8) is 0 Å². The lowest BCUT2D eigenvalue weighted by Gasteiger charge is -2.13. The van der Waals surface area contributed by atoms with E-state index >= 15 is 0 Å². The number of hydrogen-bond donors (Lipinski definition) is 3. The molecule has 1 aromatic heterocycles. The SMILES string of the molecule is CCc1oc(C(=O)NCC(O)COc2cccc(C)c2)cc1C(=O)O. The summed E-state index contributed by atoms with van der Waals surface area (Å²) in [6.45, 7) is 3.64. The van der Waals surface area contributed by atoms with Gasteiger partial charge in [0.1, 0.15) is 29.8 Å². The molecule has 0 aliphatic heterocycles. The molecule has 0 aliphatic rings. The Morgan fingerprint density at radius 3 is 2.68 bits per heavy atom. The van der Waals surface area contributed by atoms with Gasteiger partial charge in [-0.15, -0.1) is 0 Å². The van der Waals surface area contributed by atoms with E-state index in [4.69, 9.17) is 14.3 Å². The van der Waals surface area contributed by atoms with E-state index in [1.807, 2.05) is 25.1 Å². The van der Waals surface area contributed by atoms with Gasteiger partial charge in [0, 0.05) is 19.0 Å². The highest BCUT2D eigenvalue weighted by Gasteiger charge is 2.20. The van der Waals surface area contributed by atoms with Crippen molar-refractivity contribution in [1.82, 2.24) is 5.32 Å². The molecule has 0 bridgehead atoms. The first-order valence-electron chi connectivity index (χ1n) is 7.92. The van der Waals surface area contributed by atoms with Crippen LogP contribution in [0.25, 0.3) is 0 Å². The summed E-state index contributed by atoms with van der Waals surface area (Å²) in [6.07, 6.45) is -0.550. The number of carbonyl (C=O) groups excluding carboxylic acids is 1. The average Bonchev–Trinajstić information content (AvgIpc) is 3.02. The topological polar surface area (TPSA) is 109 Å². The van der Waals surface area contributed by atoms with Crippen molar-refractivity contribution in [2.45, 2.75) is 26.4 Å². The van der Waals surface area contributed by atoms with Gasteiger partial charge in [-0.25, -0.2) is 4.79 Å². The highest BCUT2D eigenvalue weighted by atomic mass is 16.5. The number of aliphatic hydroxyl groups is 1. The van der Waals surface area contributed by atoms with Crippen molar-refractivity contribution in [3.05, 3.63) is 53.0 Å². The van der Waals surface area contributed by atoms with Gasteiger partial charge in [-0.2, -0.15) is 0 Å². The van der Waals surface area contributed by atoms with E-state index in [0.29, 0.717) is 12.2 Å². The quantitative estimate of drug-likeness (QED) is 0.674. The van der Waals surface area contributed by atoms with Crippen LogP contribution < -0.4 is 10.1 Å². The fourth-order valence-electron chi connectivity index (χ4n) is 2.24. The van der Waals surface area contributed by atoms with Gasteiger partial charge in [0.2, 0.25) is 0 Å². The number of carboxylic acids is 1. The Morgan fingerprint density at radius 2 is 2.08 bits per heavy atom. The van der Waals surface area contributed by atoms with Crippen LogP contribution in [0.3, 0.4) is 0 Å². The Kier molecular flexibility index (Phi) is 6.19. The molecule has 0 fully saturated rings. The minimum absolute atomic E-state index is 0.0163. The molecule has 1 unspecified atom stereocenters. The van der Waals surface area contributed by atoms with Gasteiger partial charge < -0.3 is 24.7 Å². The van der Waals surface area contributed by atoms with E-state index in [1.54, 1.807) is 13.0 Å². The molecule has 134 valence electrons. The molecule has 0 radical (unpaired) electrons. The van der Waals surface area contributed by atoms with Crippen LogP contribution in [0, 0.1) is 6.92 Å². The van der Waals surface area contributed by atoms with Crippen molar-refractivity contribution in [2.75, 3.05) is 13.2 Å². The summed E-state index contributed by atoms with van der Waals surface area (Å²) < 4.78 is 10.7. The fourth-order valence-corrected chi connectivity index (χ4v) is 2.24. The lowest BCUT2D eigenvalue weighted by molar-refractivity contribution is 0.0694. The predicted molar refractivity (Wildman–Crippen MR) is 90.1 cm³/mol. The van der Waals surface area contributed by atoms with Gasteiger partial charge in [0.25, 0.3) is 5.91 Å². The van der Waals surface area contributed by atoms with Crippen LogP contribution in [0.2, 0.25) is 0 Å². The van der Waals surface area contributed by atoms with Crippen LogP contribution in [0.5, 0.6) is 5.75 Å². The van der Waals surface area contributed by atoms with Crippen LogP contribution in [-0.2, 0) is 6.42 Å². The maximum Gasteiger partial charge on any atom is 0.339 e. The number of aromatic carboxylic acids is 1. The third-order valence-electron chi connectivity index (χ3n) is 3.51. The fraction of sp³-hybridized carbons (Fsp3) is 0.333. The zero-order chi connectivity index (χ0) is 18.4. The van der Waals surface area contributed by atoms with E-state index < -0.39 is 18.0 Å². The van der Waals surface area contributed by atoms with Gasteiger partial charge in [0.15, 0.2) is 5.76 Å². The molecule has 0 aliphatic carbocycles. The molecule has 2 rings (SSSR count). The van der Waals surface area contributed by atoms with Gasteiger partial charge in [-0.05, 0) is 24.6 Å². The second kappa shape index (κ2) is 8.34. The first-order valence-corrected chi connectivity index (χ1v) is 7.92. The molecule has 3 N–H and O–H groups in total. The summed E-state index contributed by atoms with van der Waals surface area (Å²) in [5, 5.41) is 21.5. The Balaban J connectivity index is 1.86. The van der Waals surface area contributed by atoms with E-state index in [2.05, 4.69) is 5.32 Å². The monoisotopic (exact) mass is 347 g/mol. The summed E-state index contributed by atoms with van der Waals surface area (Å²) in [7, 11) is 0. The summed E-state index contributed by atoms with van der Waals surface area (Å²) in [4.78, 5) is 23.1. The number of furan rings is 1. The van der Waals surface area contributed by atoms with Crippen LogP contribution in [0.1, 0.15) is 39.2 Å². The third-order valence-corrected chi connectivity index (χ3v) is 3.51. The minimum atomic E-state index is -1.15. The molecular weight excluding hydrogens is 326 g/mol. The number of aliphatic hydroxyl groups excluding tert-OH is 1. The molecule has 7 nitrogen and oxygen atoms in total. The van der Waals surface area contributed by atoms with Crippen LogP contribution in [-0.4, -0.2) is 41.3 Å². The normalized spacial score (nSPS) is 11.8. The van der Waals surface area contributed by atoms with Gasteiger partial charge >= 0.3 is 5.97 Å². The largest absolute Gasteiger partial charge is 0.491 e. The number of amides is 1. The first-order chi connectivity index (χ1) is 11.9. The van der Waals surface area contributed by atoms with E-state index in [9.17, 15) is 14.7 Å². The molecule has 0 saturated heterocycles. The second-order valence-electron chi connectivity index (χ2n) is 5.60. The summed E-state index contributed by atoms with van der Waals surface area (Å²) in [6, 6.07) is 8.59. The number of ether oxygens (including phenoxy) is 1. The van der Waals surface area contributed by atoms with Crippen molar-refractivity contribution in [3.8, 4) is 5.75 Å². The van der Waals surface area contributed by atoms with Gasteiger partial charge in [-0.3, -0.25) is 4.79 Å². The molecule has 2 aromatic rings. The van der Waals surface area contributed by atoms with E-state index in [0.717, 1.165) is 5.56 Å². The van der Waals surface area contributed by atoms with Crippen molar-refractivity contribution in [1.29, 1.82) is 0 Å². The van der Waals surface area contributed by atoms with Crippen LogP contribution >= 0.6 is 0 Å². The number of carboxylic acid groups (broad SMARTS) is 1. The molecule has 7 heteroatoms. The summed E-state index contributed by atoms with van der Waals surface area (Å²) in [5.74, 6) is -0.958. The third kappa shape index (κ3) is 5.09. The number of hydrogen-bond acceptors (Lipinski definition) is 5. The highest BCUT2D eigenvalue weighted by Crippen LogP contribution is 2.16. The van der Waals surface area contributed by atoms with Crippen LogP contribution in [0.15, 0.2) is 34.7 Å². The summed E-state index contributed by atoms with van der Waals surface area (Å²) in [5.41, 5.74) is 1.01. The Morgan fingerprint density at radius 1 is 1.32 bits per heavy atom. The Hall–Kier alpha value is -2.80. The number of aryl methyl sites for hydroxylation is 2. The standard InChI is InChI=1S/C18H21NO6/c1-3-15-14(18(22)23)8-16(25-15)17(21)19-9-12(20)10-24-13-6-4-5-11(2)7-13/h4-8,12,20H,3,9-10H2,1-2H3,(H,19,21)(H,22,23). The number of benzene rings is 1. The van der Waals surface area contributed by atoms with E-state index in [1.165, 1.54) is 6.07 Å².